The molecule has 0 saturated heterocycles. The lowest BCUT2D eigenvalue weighted by molar-refractivity contribution is -0.118. The maximum absolute atomic E-state index is 12.5. The Morgan fingerprint density at radius 2 is 2.17 bits per heavy atom. The molecule has 2 aromatic rings. The molecule has 8 heteroatoms. The Kier molecular flexibility index (Phi) is 4.27. The molecule has 1 aromatic carbocycles. The lowest BCUT2D eigenvalue weighted by Crippen LogP contribution is -2.20. The number of rotatable bonds is 3. The van der Waals surface area contributed by atoms with E-state index in [0.29, 0.717) is 17.1 Å². The highest BCUT2D eigenvalue weighted by Crippen LogP contribution is 2.34. The van der Waals surface area contributed by atoms with Crippen LogP contribution in [-0.2, 0) is 14.8 Å². The van der Waals surface area contributed by atoms with Gasteiger partial charge in [-0.1, -0.05) is 6.92 Å². The van der Waals surface area contributed by atoms with E-state index in [1.807, 2.05) is 6.92 Å². The van der Waals surface area contributed by atoms with Crippen molar-refractivity contribution in [2.45, 2.75) is 16.7 Å². The third-order valence-electron chi connectivity index (χ3n) is 3.37. The molecule has 0 aliphatic carbocycles. The first-order valence-electron chi connectivity index (χ1n) is 6.96. The van der Waals surface area contributed by atoms with Crippen molar-refractivity contribution >= 4 is 39.1 Å². The standard InChI is InChI=1S/C15H15N3O3S2/c1-10-9-22-14-5-4-12(7-13(14)17-15(10)19)23(20,21)18-11-3-2-6-16-8-11/h2-8,10,18H,9H2,1H3,(H,17,19)/t10-/m0/s1. The Balaban J connectivity index is 1.92. The number of nitrogens with zero attached hydrogens (tertiary/aromatic N) is 1. The molecule has 1 aliphatic heterocycles. The Bertz CT molecular complexity index is 838. The van der Waals surface area contributed by atoms with Crippen LogP contribution in [0, 0.1) is 5.92 Å². The van der Waals surface area contributed by atoms with Gasteiger partial charge in [0.2, 0.25) is 5.91 Å². The van der Waals surface area contributed by atoms with Gasteiger partial charge in [-0.15, -0.1) is 11.8 Å². The Labute approximate surface area is 138 Å². The number of carbonyl (C=O) groups excluding carboxylic acids is 1. The van der Waals surface area contributed by atoms with E-state index >= 15 is 0 Å². The van der Waals surface area contributed by atoms with Gasteiger partial charge in [0.25, 0.3) is 10.0 Å². The maximum Gasteiger partial charge on any atom is 0.262 e. The van der Waals surface area contributed by atoms with Crippen LogP contribution in [0.15, 0.2) is 52.5 Å². The van der Waals surface area contributed by atoms with Crippen molar-refractivity contribution in [3.8, 4) is 0 Å². The highest BCUT2D eigenvalue weighted by Gasteiger charge is 2.22. The summed E-state index contributed by atoms with van der Waals surface area (Å²) in [4.78, 5) is 16.8. The smallest absolute Gasteiger partial charge is 0.262 e. The summed E-state index contributed by atoms with van der Waals surface area (Å²) >= 11 is 1.54. The van der Waals surface area contributed by atoms with Gasteiger partial charge in [0.05, 0.1) is 22.5 Å². The second-order valence-corrected chi connectivity index (χ2v) is 7.95. The van der Waals surface area contributed by atoms with Crippen LogP contribution in [0.3, 0.4) is 0 Å². The summed E-state index contributed by atoms with van der Waals surface area (Å²) < 4.78 is 27.4. The lowest BCUT2D eigenvalue weighted by atomic mass is 10.2. The fraction of sp³-hybridized carbons (Fsp3) is 0.200. The summed E-state index contributed by atoms with van der Waals surface area (Å²) in [5.74, 6) is 0.436. The summed E-state index contributed by atoms with van der Waals surface area (Å²) in [6.07, 6.45) is 2.99. The molecule has 120 valence electrons. The second-order valence-electron chi connectivity index (χ2n) is 5.21. The number of hydrogen-bond donors (Lipinski definition) is 2. The molecule has 0 unspecified atom stereocenters. The van der Waals surface area contributed by atoms with Crippen LogP contribution >= 0.6 is 11.8 Å². The molecule has 0 saturated carbocycles. The summed E-state index contributed by atoms with van der Waals surface area (Å²) in [6.45, 7) is 1.84. The third kappa shape index (κ3) is 3.48. The van der Waals surface area contributed by atoms with E-state index in [2.05, 4.69) is 15.0 Å². The van der Waals surface area contributed by atoms with Crippen LogP contribution in [0.5, 0.6) is 0 Å². The van der Waals surface area contributed by atoms with Gasteiger partial charge >= 0.3 is 0 Å². The monoisotopic (exact) mass is 349 g/mol. The predicted octanol–water partition coefficient (Wildman–Crippen LogP) is 2.56. The highest BCUT2D eigenvalue weighted by atomic mass is 32.2. The van der Waals surface area contributed by atoms with Gasteiger partial charge in [0.1, 0.15) is 0 Å². The largest absolute Gasteiger partial charge is 0.325 e. The first-order valence-corrected chi connectivity index (χ1v) is 9.43. The van der Waals surface area contributed by atoms with Gasteiger partial charge < -0.3 is 5.32 Å². The Morgan fingerprint density at radius 1 is 1.35 bits per heavy atom. The number of fused-ring (bicyclic) bond motifs is 1. The molecule has 2 heterocycles. The number of sulfonamides is 1. The quantitative estimate of drug-likeness (QED) is 0.889. The van der Waals surface area contributed by atoms with Crippen molar-refractivity contribution in [3.05, 3.63) is 42.7 Å². The minimum absolute atomic E-state index is 0.0931. The minimum Gasteiger partial charge on any atom is -0.325 e. The molecule has 1 aromatic heterocycles. The fourth-order valence-corrected chi connectivity index (χ4v) is 4.16. The van der Waals surface area contributed by atoms with E-state index in [4.69, 9.17) is 0 Å². The van der Waals surface area contributed by atoms with Gasteiger partial charge in [-0.3, -0.25) is 14.5 Å². The number of carbonyl (C=O) groups is 1. The van der Waals surface area contributed by atoms with Crippen molar-refractivity contribution in [1.29, 1.82) is 0 Å². The number of amides is 1. The number of benzene rings is 1. The van der Waals surface area contributed by atoms with Gasteiger partial charge in [-0.05, 0) is 30.3 Å². The molecule has 3 rings (SSSR count). The van der Waals surface area contributed by atoms with Crippen molar-refractivity contribution in [1.82, 2.24) is 4.98 Å². The van der Waals surface area contributed by atoms with Crippen LogP contribution in [0.25, 0.3) is 0 Å². The van der Waals surface area contributed by atoms with Crippen LogP contribution in [0.4, 0.5) is 11.4 Å². The van der Waals surface area contributed by atoms with Crippen molar-refractivity contribution < 1.29 is 13.2 Å². The zero-order chi connectivity index (χ0) is 16.4. The molecule has 1 atom stereocenters. The molecule has 0 fully saturated rings. The lowest BCUT2D eigenvalue weighted by Gasteiger charge is -2.11. The molecule has 0 spiro atoms. The van der Waals surface area contributed by atoms with E-state index in [9.17, 15) is 13.2 Å². The van der Waals surface area contributed by atoms with Gasteiger partial charge in [0.15, 0.2) is 0 Å². The third-order valence-corrected chi connectivity index (χ3v) is 6.08. The molecular formula is C15H15N3O3S2. The van der Waals surface area contributed by atoms with E-state index in [1.165, 1.54) is 30.1 Å². The van der Waals surface area contributed by atoms with Crippen LogP contribution in [-0.4, -0.2) is 25.1 Å². The number of nitrogens with one attached hydrogen (secondary N) is 2. The number of hydrogen-bond acceptors (Lipinski definition) is 5. The van der Waals surface area contributed by atoms with Crippen LogP contribution in [0.1, 0.15) is 6.92 Å². The average Bonchev–Trinajstić information content (AvgIpc) is 2.67. The van der Waals surface area contributed by atoms with E-state index in [1.54, 1.807) is 24.4 Å². The first kappa shape index (κ1) is 15.8. The molecule has 1 aliphatic rings. The first-order chi connectivity index (χ1) is 11.0. The summed E-state index contributed by atoms with van der Waals surface area (Å²) in [5, 5.41) is 2.78. The average molecular weight is 349 g/mol. The number of thioether (sulfide) groups is 1. The number of aromatic nitrogens is 1. The summed E-state index contributed by atoms with van der Waals surface area (Å²) in [6, 6.07) is 8.00. The molecule has 0 radical (unpaired) electrons. The SMILES string of the molecule is C[C@H]1CSc2ccc(S(=O)(=O)Nc3cccnc3)cc2NC1=O. The minimum atomic E-state index is -3.74. The molecule has 2 N–H and O–H groups in total. The Hall–Kier alpha value is -2.06. The van der Waals surface area contributed by atoms with Gasteiger partial charge in [-0.25, -0.2) is 8.42 Å². The van der Waals surface area contributed by atoms with E-state index in [-0.39, 0.29) is 16.7 Å². The van der Waals surface area contributed by atoms with Gasteiger partial charge in [0, 0.05) is 22.8 Å². The summed E-state index contributed by atoms with van der Waals surface area (Å²) in [7, 11) is -3.74. The molecule has 23 heavy (non-hydrogen) atoms. The van der Waals surface area contributed by atoms with Crippen molar-refractivity contribution in [2.24, 2.45) is 5.92 Å². The predicted molar refractivity (Wildman–Crippen MR) is 90.0 cm³/mol. The maximum atomic E-state index is 12.5. The molecule has 6 nitrogen and oxygen atoms in total. The molecular weight excluding hydrogens is 334 g/mol. The van der Waals surface area contributed by atoms with Crippen LogP contribution < -0.4 is 10.0 Å². The number of pyridine rings is 1. The molecule has 1 amide bonds. The zero-order valence-corrected chi connectivity index (χ0v) is 13.9. The van der Waals surface area contributed by atoms with E-state index in [0.717, 1.165) is 4.90 Å². The van der Waals surface area contributed by atoms with E-state index < -0.39 is 10.0 Å². The number of anilines is 2. The summed E-state index contributed by atoms with van der Waals surface area (Å²) in [5.41, 5.74) is 0.910. The molecule has 0 bridgehead atoms. The Morgan fingerprint density at radius 3 is 2.91 bits per heavy atom. The highest BCUT2D eigenvalue weighted by molar-refractivity contribution is 7.99. The topological polar surface area (TPSA) is 88.2 Å². The van der Waals surface area contributed by atoms with Crippen LogP contribution in [0.2, 0.25) is 0 Å². The fourth-order valence-electron chi connectivity index (χ4n) is 2.08. The zero-order valence-electron chi connectivity index (χ0n) is 12.3. The van der Waals surface area contributed by atoms with Crippen molar-refractivity contribution in [2.75, 3.05) is 15.8 Å². The van der Waals surface area contributed by atoms with Crippen molar-refractivity contribution in [3.63, 3.8) is 0 Å². The normalized spacial score (nSPS) is 17.8. The van der Waals surface area contributed by atoms with Gasteiger partial charge in [-0.2, -0.15) is 0 Å². The second kappa shape index (κ2) is 6.21.